The van der Waals surface area contributed by atoms with Crippen molar-refractivity contribution < 1.29 is 18.7 Å². The molecule has 1 aliphatic heterocycles. The maximum Gasteiger partial charge on any atom is 0.262 e. The number of halogens is 1. The zero-order valence-corrected chi connectivity index (χ0v) is 26.0. The average molecular weight is 599 g/mol. The van der Waals surface area contributed by atoms with Crippen LogP contribution in [0.15, 0.2) is 66.9 Å². The number of carbonyl (C=O) groups excluding carboxylic acids is 1. The topological polar surface area (TPSA) is 91.9 Å². The summed E-state index contributed by atoms with van der Waals surface area (Å²) in [5.41, 5.74) is 3.71. The van der Waals surface area contributed by atoms with Gasteiger partial charge in [-0.1, -0.05) is 30.3 Å². The van der Waals surface area contributed by atoms with Crippen LogP contribution in [-0.2, 0) is 0 Å². The number of anilines is 4. The molecule has 0 bridgehead atoms. The molecule has 3 aromatic carbocycles. The van der Waals surface area contributed by atoms with E-state index in [2.05, 4.69) is 51.3 Å². The number of aryl methyl sites for hydroxylation is 2. The number of hydrogen-bond donors (Lipinski definition) is 2. The lowest BCUT2D eigenvalue weighted by Gasteiger charge is -2.43. The molecule has 1 fully saturated rings. The number of hydrogen-bond acceptors (Lipinski definition) is 8. The minimum Gasteiger partial charge on any atom is -0.490 e. The van der Waals surface area contributed by atoms with E-state index in [4.69, 9.17) is 9.47 Å². The van der Waals surface area contributed by atoms with E-state index in [1.807, 2.05) is 45.0 Å². The Labute approximate surface area is 258 Å². The number of para-hydroxylation sites is 3. The lowest BCUT2D eigenvalue weighted by molar-refractivity contribution is 0.102. The molecule has 230 valence electrons. The second kappa shape index (κ2) is 13.3. The zero-order valence-electron chi connectivity index (χ0n) is 26.0. The zero-order chi connectivity index (χ0) is 31.4. The van der Waals surface area contributed by atoms with Crippen LogP contribution < -0.4 is 25.0 Å². The molecule has 1 aliphatic rings. The third-order valence-electron chi connectivity index (χ3n) is 7.98. The summed E-state index contributed by atoms with van der Waals surface area (Å²) >= 11 is 0. The van der Waals surface area contributed by atoms with Gasteiger partial charge in [-0.05, 0) is 83.1 Å². The summed E-state index contributed by atoms with van der Waals surface area (Å²) in [6.07, 6.45) is 1.40. The lowest BCUT2D eigenvalue weighted by atomic mass is 10.1. The van der Waals surface area contributed by atoms with Gasteiger partial charge in [-0.15, -0.1) is 0 Å². The highest BCUT2D eigenvalue weighted by molar-refractivity contribution is 6.06. The summed E-state index contributed by atoms with van der Waals surface area (Å²) in [7, 11) is 2.10. The van der Waals surface area contributed by atoms with Crippen molar-refractivity contribution in [2.75, 3.05) is 42.3 Å². The van der Waals surface area contributed by atoms with Crippen molar-refractivity contribution >= 4 is 28.9 Å². The van der Waals surface area contributed by atoms with E-state index in [-0.39, 0.29) is 23.2 Å². The molecule has 1 saturated heterocycles. The Balaban J connectivity index is 1.44. The summed E-state index contributed by atoms with van der Waals surface area (Å²) < 4.78 is 27.3. The molecule has 0 spiro atoms. The third kappa shape index (κ3) is 6.75. The van der Waals surface area contributed by atoms with E-state index in [9.17, 15) is 4.79 Å². The molecular weight excluding hydrogens is 559 g/mol. The number of benzene rings is 3. The molecule has 0 aliphatic carbocycles. The Bertz CT molecular complexity index is 1620. The van der Waals surface area contributed by atoms with Crippen LogP contribution in [0.3, 0.4) is 0 Å². The van der Waals surface area contributed by atoms with Crippen molar-refractivity contribution in [3.8, 4) is 17.4 Å². The molecule has 1 aromatic heterocycles. The molecule has 5 rings (SSSR count). The summed E-state index contributed by atoms with van der Waals surface area (Å²) in [5, 5.41) is 6.04. The van der Waals surface area contributed by atoms with E-state index in [1.54, 1.807) is 30.3 Å². The Morgan fingerprint density at radius 2 is 1.68 bits per heavy atom. The van der Waals surface area contributed by atoms with Crippen molar-refractivity contribution in [3.63, 3.8) is 0 Å². The fourth-order valence-corrected chi connectivity index (χ4v) is 5.34. The van der Waals surface area contributed by atoms with E-state index in [0.717, 1.165) is 24.2 Å². The van der Waals surface area contributed by atoms with Crippen LogP contribution in [0, 0.1) is 19.7 Å². The van der Waals surface area contributed by atoms with Gasteiger partial charge in [0.2, 0.25) is 11.8 Å². The van der Waals surface area contributed by atoms with Crippen LogP contribution in [0.1, 0.15) is 42.3 Å². The van der Waals surface area contributed by atoms with Crippen LogP contribution in [0.4, 0.5) is 27.4 Å². The normalized spacial score (nSPS) is 16.8. The van der Waals surface area contributed by atoms with Crippen LogP contribution >= 0.6 is 0 Å². The fraction of sp³-hybridized carbons (Fsp3) is 0.324. The van der Waals surface area contributed by atoms with Gasteiger partial charge in [0, 0.05) is 42.7 Å². The third-order valence-corrected chi connectivity index (χ3v) is 7.98. The van der Waals surface area contributed by atoms with Crippen molar-refractivity contribution in [2.45, 2.75) is 46.7 Å². The molecule has 2 N–H and O–H groups in total. The van der Waals surface area contributed by atoms with Gasteiger partial charge in [-0.3, -0.25) is 9.69 Å². The van der Waals surface area contributed by atoms with Crippen LogP contribution in [0.25, 0.3) is 0 Å². The number of nitrogens with one attached hydrogen (secondary N) is 2. The molecule has 0 unspecified atom stereocenters. The van der Waals surface area contributed by atoms with E-state index >= 15 is 4.39 Å². The maximum atomic E-state index is 15.4. The van der Waals surface area contributed by atoms with Gasteiger partial charge in [0.05, 0.1) is 12.3 Å². The molecule has 44 heavy (non-hydrogen) atoms. The van der Waals surface area contributed by atoms with Gasteiger partial charge < -0.3 is 25.0 Å². The number of piperazine rings is 1. The summed E-state index contributed by atoms with van der Waals surface area (Å²) in [6, 6.07) is 18.6. The Morgan fingerprint density at radius 1 is 1.00 bits per heavy atom. The molecule has 0 radical (unpaired) electrons. The number of likely N-dealkylation sites (N-methyl/N-ethyl adjacent to an activating group) is 1. The number of ether oxygens (including phenoxy) is 2. The van der Waals surface area contributed by atoms with Crippen molar-refractivity contribution in [1.82, 2.24) is 14.9 Å². The monoisotopic (exact) mass is 598 g/mol. The maximum absolute atomic E-state index is 15.4. The van der Waals surface area contributed by atoms with Gasteiger partial charge in [-0.2, -0.15) is 4.98 Å². The molecule has 10 heteroatoms. The minimum absolute atomic E-state index is 0.0240. The highest BCUT2D eigenvalue weighted by Crippen LogP contribution is 2.34. The Kier molecular flexibility index (Phi) is 9.29. The molecule has 0 saturated carbocycles. The highest BCUT2D eigenvalue weighted by atomic mass is 19.1. The SMILES string of the molecule is CCOc1ccccc1Oc1nc(Nc2ccc(N3C[C@@H](C)N(C)[C@@H](C)C3)c(F)c2)ncc1C(=O)Nc1c(C)cccc1C. The van der Waals surface area contributed by atoms with Gasteiger partial charge in [0.15, 0.2) is 11.5 Å². The molecular formula is C34H39FN6O3. The van der Waals surface area contributed by atoms with Crippen LogP contribution in [0.5, 0.6) is 17.4 Å². The van der Waals surface area contributed by atoms with Crippen molar-refractivity contribution in [2.24, 2.45) is 0 Å². The minimum atomic E-state index is -0.427. The van der Waals surface area contributed by atoms with Gasteiger partial charge in [-0.25, -0.2) is 9.37 Å². The Morgan fingerprint density at radius 3 is 2.34 bits per heavy atom. The largest absolute Gasteiger partial charge is 0.490 e. The van der Waals surface area contributed by atoms with Crippen LogP contribution in [-0.4, -0.2) is 59.6 Å². The summed E-state index contributed by atoms with van der Waals surface area (Å²) in [4.78, 5) is 26.8. The predicted octanol–water partition coefficient (Wildman–Crippen LogP) is 6.95. The second-order valence-electron chi connectivity index (χ2n) is 11.2. The van der Waals surface area contributed by atoms with Crippen molar-refractivity contribution in [3.05, 3.63) is 89.4 Å². The first kappa shape index (κ1) is 30.7. The highest BCUT2D eigenvalue weighted by Gasteiger charge is 2.28. The molecule has 4 aromatic rings. The van der Waals surface area contributed by atoms with E-state index < -0.39 is 5.91 Å². The predicted molar refractivity (Wildman–Crippen MR) is 172 cm³/mol. The van der Waals surface area contributed by atoms with E-state index in [0.29, 0.717) is 47.3 Å². The fourth-order valence-electron chi connectivity index (χ4n) is 5.34. The van der Waals surface area contributed by atoms with Gasteiger partial charge in [0.25, 0.3) is 5.91 Å². The lowest BCUT2D eigenvalue weighted by Crippen LogP contribution is -2.55. The summed E-state index contributed by atoms with van der Waals surface area (Å²) in [5.74, 6) is 0.303. The van der Waals surface area contributed by atoms with E-state index in [1.165, 1.54) is 12.3 Å². The van der Waals surface area contributed by atoms with Crippen LogP contribution in [0.2, 0.25) is 0 Å². The number of amides is 1. The summed E-state index contributed by atoms with van der Waals surface area (Å²) in [6.45, 7) is 11.9. The first-order valence-corrected chi connectivity index (χ1v) is 14.8. The quantitative estimate of drug-likeness (QED) is 0.214. The van der Waals surface area contributed by atoms with Gasteiger partial charge in [0.1, 0.15) is 11.4 Å². The van der Waals surface area contributed by atoms with Gasteiger partial charge >= 0.3 is 0 Å². The standard InChI is InChI=1S/C34H39FN6O3/c1-7-43-29-13-8-9-14-30(29)44-33-26(32(42)38-31-21(2)11-10-12-22(31)3)18-36-34(39-33)37-25-15-16-28(27(35)17-25)41-19-23(4)40(6)24(5)20-41/h8-18,23-24H,7,19-20H2,1-6H3,(H,38,42)(H,36,37,39)/t23-,24+. The molecule has 2 atom stereocenters. The number of nitrogens with zero attached hydrogens (tertiary/aromatic N) is 4. The van der Waals surface area contributed by atoms with Crippen molar-refractivity contribution in [1.29, 1.82) is 0 Å². The number of rotatable bonds is 9. The first-order valence-electron chi connectivity index (χ1n) is 14.8. The Hall–Kier alpha value is -4.70. The number of aromatic nitrogens is 2. The smallest absolute Gasteiger partial charge is 0.262 e. The second-order valence-corrected chi connectivity index (χ2v) is 11.2. The average Bonchev–Trinajstić information content (AvgIpc) is 2.99. The molecule has 9 nitrogen and oxygen atoms in total. The number of carbonyl (C=O) groups is 1. The molecule has 2 heterocycles. The molecule has 1 amide bonds. The first-order chi connectivity index (χ1) is 21.1.